The van der Waals surface area contributed by atoms with E-state index in [-0.39, 0.29) is 5.82 Å². The molecule has 1 saturated carbocycles. The summed E-state index contributed by atoms with van der Waals surface area (Å²) in [6.07, 6.45) is 17.3. The third-order valence-corrected chi connectivity index (χ3v) is 6.30. The van der Waals surface area contributed by atoms with E-state index >= 15 is 0 Å². The standard InChI is InChI=1S/C25H35FN2/c1-3-5-7-22-17-27-25(28-18-22)23-15-14-21(16-24(23)26)13-12-20-10-8-19(6-4-2)9-11-20/h14-20H,3-13H2,1-2H3. The minimum atomic E-state index is -0.203. The molecule has 1 aliphatic carbocycles. The summed E-state index contributed by atoms with van der Waals surface area (Å²) in [4.78, 5) is 8.77. The van der Waals surface area contributed by atoms with Gasteiger partial charge in [0.05, 0.1) is 5.56 Å². The summed E-state index contributed by atoms with van der Waals surface area (Å²) in [6.45, 7) is 4.46. The second-order valence-electron chi connectivity index (χ2n) is 8.55. The summed E-state index contributed by atoms with van der Waals surface area (Å²) in [7, 11) is 0. The van der Waals surface area contributed by atoms with Crippen molar-refractivity contribution in [2.75, 3.05) is 0 Å². The van der Waals surface area contributed by atoms with Crippen LogP contribution in [0.2, 0.25) is 0 Å². The molecule has 0 radical (unpaired) electrons. The molecule has 0 spiro atoms. The van der Waals surface area contributed by atoms with Gasteiger partial charge in [-0.3, -0.25) is 0 Å². The van der Waals surface area contributed by atoms with Crippen molar-refractivity contribution in [1.82, 2.24) is 9.97 Å². The van der Waals surface area contributed by atoms with Crippen LogP contribution in [0, 0.1) is 17.7 Å². The fourth-order valence-corrected chi connectivity index (χ4v) is 4.49. The Kier molecular flexibility index (Phi) is 8.00. The first kappa shape index (κ1) is 21.0. The number of unbranched alkanes of at least 4 members (excludes halogenated alkanes) is 1. The van der Waals surface area contributed by atoms with Gasteiger partial charge in [-0.2, -0.15) is 0 Å². The van der Waals surface area contributed by atoms with Crippen LogP contribution in [0.3, 0.4) is 0 Å². The maximum absolute atomic E-state index is 14.7. The van der Waals surface area contributed by atoms with E-state index in [4.69, 9.17) is 0 Å². The van der Waals surface area contributed by atoms with Crippen molar-refractivity contribution in [1.29, 1.82) is 0 Å². The van der Waals surface area contributed by atoms with Crippen LogP contribution in [-0.2, 0) is 12.8 Å². The summed E-state index contributed by atoms with van der Waals surface area (Å²) in [6, 6.07) is 5.59. The Bertz CT molecular complexity index is 718. The van der Waals surface area contributed by atoms with Gasteiger partial charge in [0.15, 0.2) is 5.82 Å². The first-order chi connectivity index (χ1) is 13.7. The van der Waals surface area contributed by atoms with E-state index in [1.54, 1.807) is 6.07 Å². The third-order valence-electron chi connectivity index (χ3n) is 6.30. The van der Waals surface area contributed by atoms with Gasteiger partial charge in [-0.25, -0.2) is 14.4 Å². The van der Waals surface area contributed by atoms with E-state index in [0.717, 1.165) is 48.6 Å². The molecule has 1 aliphatic rings. The average molecular weight is 383 g/mol. The van der Waals surface area contributed by atoms with Crippen molar-refractivity contribution < 1.29 is 4.39 Å². The van der Waals surface area contributed by atoms with E-state index < -0.39 is 0 Å². The Hall–Kier alpha value is -1.77. The second kappa shape index (κ2) is 10.7. The first-order valence-corrected chi connectivity index (χ1v) is 11.3. The molecule has 0 atom stereocenters. The van der Waals surface area contributed by atoms with Crippen molar-refractivity contribution in [3.8, 4) is 11.4 Å². The molecule has 28 heavy (non-hydrogen) atoms. The number of hydrogen-bond acceptors (Lipinski definition) is 2. The zero-order valence-corrected chi connectivity index (χ0v) is 17.6. The zero-order valence-electron chi connectivity index (χ0n) is 17.6. The second-order valence-corrected chi connectivity index (χ2v) is 8.55. The quantitative estimate of drug-likeness (QED) is 0.459. The minimum absolute atomic E-state index is 0.203. The number of aryl methyl sites for hydroxylation is 2. The maximum Gasteiger partial charge on any atom is 0.162 e. The molecule has 1 heterocycles. The predicted molar refractivity (Wildman–Crippen MR) is 115 cm³/mol. The predicted octanol–water partition coefficient (Wildman–Crippen LogP) is 7.16. The van der Waals surface area contributed by atoms with E-state index in [1.807, 2.05) is 18.5 Å². The number of nitrogens with zero attached hydrogens (tertiary/aromatic N) is 2. The SMILES string of the molecule is CCCCc1cnc(-c2ccc(CCC3CCC(CCC)CC3)cc2F)nc1. The number of aromatic nitrogens is 2. The number of hydrogen-bond donors (Lipinski definition) is 0. The fraction of sp³-hybridized carbons (Fsp3) is 0.600. The Morgan fingerprint density at radius 1 is 0.857 bits per heavy atom. The molecule has 2 aromatic rings. The van der Waals surface area contributed by atoms with Gasteiger partial charge in [-0.1, -0.05) is 64.9 Å². The van der Waals surface area contributed by atoms with Crippen LogP contribution in [0.4, 0.5) is 4.39 Å². The van der Waals surface area contributed by atoms with Gasteiger partial charge >= 0.3 is 0 Å². The van der Waals surface area contributed by atoms with Gasteiger partial charge in [-0.15, -0.1) is 0 Å². The average Bonchev–Trinajstić information content (AvgIpc) is 2.72. The molecule has 3 rings (SSSR count). The lowest BCUT2D eigenvalue weighted by Gasteiger charge is -2.28. The summed E-state index contributed by atoms with van der Waals surface area (Å²) < 4.78 is 14.7. The van der Waals surface area contributed by atoms with Crippen LogP contribution < -0.4 is 0 Å². The number of rotatable bonds is 9. The van der Waals surface area contributed by atoms with Gasteiger partial charge < -0.3 is 0 Å². The molecule has 3 heteroatoms. The van der Waals surface area contributed by atoms with Crippen LogP contribution >= 0.6 is 0 Å². The number of benzene rings is 1. The lowest BCUT2D eigenvalue weighted by molar-refractivity contribution is 0.252. The van der Waals surface area contributed by atoms with Gasteiger partial charge in [0.2, 0.25) is 0 Å². The first-order valence-electron chi connectivity index (χ1n) is 11.3. The molecule has 1 aromatic heterocycles. The third kappa shape index (κ3) is 5.86. The Morgan fingerprint density at radius 2 is 1.54 bits per heavy atom. The minimum Gasteiger partial charge on any atom is -0.236 e. The van der Waals surface area contributed by atoms with E-state index in [2.05, 4.69) is 29.9 Å². The summed E-state index contributed by atoms with van der Waals surface area (Å²) >= 11 is 0. The van der Waals surface area contributed by atoms with Crippen LogP contribution in [0.5, 0.6) is 0 Å². The van der Waals surface area contributed by atoms with Gasteiger partial charge in [0, 0.05) is 12.4 Å². The van der Waals surface area contributed by atoms with E-state index in [0.29, 0.717) is 11.4 Å². The molecule has 152 valence electrons. The Morgan fingerprint density at radius 3 is 2.14 bits per heavy atom. The largest absolute Gasteiger partial charge is 0.236 e. The monoisotopic (exact) mass is 382 g/mol. The molecule has 2 nitrogen and oxygen atoms in total. The van der Waals surface area contributed by atoms with Gasteiger partial charge in [-0.05, 0) is 60.8 Å². The molecule has 0 saturated heterocycles. The highest BCUT2D eigenvalue weighted by molar-refractivity contribution is 5.56. The topological polar surface area (TPSA) is 25.8 Å². The van der Waals surface area contributed by atoms with E-state index in [1.165, 1.54) is 44.9 Å². The smallest absolute Gasteiger partial charge is 0.162 e. The molecule has 0 amide bonds. The summed E-state index contributed by atoms with van der Waals surface area (Å²) in [5, 5.41) is 0. The fourth-order valence-electron chi connectivity index (χ4n) is 4.49. The molecular formula is C25H35FN2. The number of halogens is 1. The molecule has 0 unspecified atom stereocenters. The molecule has 0 aliphatic heterocycles. The van der Waals surface area contributed by atoms with Crippen molar-refractivity contribution in [2.24, 2.45) is 11.8 Å². The molecule has 1 aromatic carbocycles. The highest BCUT2D eigenvalue weighted by Crippen LogP contribution is 2.34. The van der Waals surface area contributed by atoms with Crippen LogP contribution in [0.25, 0.3) is 11.4 Å². The summed E-state index contributed by atoms with van der Waals surface area (Å²) in [5.41, 5.74) is 2.72. The van der Waals surface area contributed by atoms with Crippen LogP contribution in [0.1, 0.15) is 82.8 Å². The van der Waals surface area contributed by atoms with E-state index in [9.17, 15) is 4.39 Å². The lowest BCUT2D eigenvalue weighted by atomic mass is 9.78. The van der Waals surface area contributed by atoms with Crippen LogP contribution in [-0.4, -0.2) is 9.97 Å². The highest BCUT2D eigenvalue weighted by atomic mass is 19.1. The lowest BCUT2D eigenvalue weighted by Crippen LogP contribution is -2.15. The van der Waals surface area contributed by atoms with Crippen molar-refractivity contribution in [3.05, 3.63) is 47.5 Å². The van der Waals surface area contributed by atoms with Crippen molar-refractivity contribution >= 4 is 0 Å². The Labute approximate surface area is 170 Å². The maximum atomic E-state index is 14.7. The van der Waals surface area contributed by atoms with Crippen molar-refractivity contribution in [3.63, 3.8) is 0 Å². The molecule has 0 N–H and O–H groups in total. The highest BCUT2D eigenvalue weighted by Gasteiger charge is 2.20. The molecule has 1 fully saturated rings. The normalized spacial score (nSPS) is 19.7. The Balaban J connectivity index is 1.54. The van der Waals surface area contributed by atoms with Crippen molar-refractivity contribution in [2.45, 2.75) is 84.5 Å². The molecule has 0 bridgehead atoms. The van der Waals surface area contributed by atoms with Gasteiger partial charge in [0.1, 0.15) is 5.82 Å². The molecular weight excluding hydrogens is 347 g/mol. The summed E-state index contributed by atoms with van der Waals surface area (Å²) in [5.74, 6) is 2.05. The van der Waals surface area contributed by atoms with Crippen LogP contribution in [0.15, 0.2) is 30.6 Å². The zero-order chi connectivity index (χ0) is 19.8. The van der Waals surface area contributed by atoms with Gasteiger partial charge in [0.25, 0.3) is 0 Å².